The summed E-state index contributed by atoms with van der Waals surface area (Å²) in [6.45, 7) is 1.92. The number of para-hydroxylation sites is 1. The summed E-state index contributed by atoms with van der Waals surface area (Å²) in [4.78, 5) is 15.9. The molecule has 5 heteroatoms. The first-order valence-corrected chi connectivity index (χ1v) is 10.6. The van der Waals surface area contributed by atoms with E-state index in [4.69, 9.17) is 4.74 Å². The van der Waals surface area contributed by atoms with Crippen molar-refractivity contribution in [1.29, 1.82) is 0 Å². The average molecular weight is 386 g/mol. The van der Waals surface area contributed by atoms with Crippen molar-refractivity contribution in [1.82, 2.24) is 4.90 Å². The van der Waals surface area contributed by atoms with Crippen LogP contribution in [-0.2, 0) is 0 Å². The van der Waals surface area contributed by atoms with E-state index in [1.54, 1.807) is 11.8 Å². The summed E-state index contributed by atoms with van der Waals surface area (Å²) in [6.07, 6.45) is 4.57. The lowest BCUT2D eigenvalue weighted by molar-refractivity contribution is 0.0156. The van der Waals surface area contributed by atoms with Gasteiger partial charge in [0.1, 0.15) is 5.75 Å². The van der Waals surface area contributed by atoms with Gasteiger partial charge in [0, 0.05) is 29.0 Å². The highest BCUT2D eigenvalue weighted by Gasteiger charge is 2.36. The lowest BCUT2D eigenvalue weighted by atomic mass is 9.78. The van der Waals surface area contributed by atoms with Crippen LogP contribution in [0.2, 0.25) is 0 Å². The molecule has 2 aromatic rings. The molecule has 1 aliphatic rings. The number of carbonyl (C=O) groups is 1. The third-order valence-corrected chi connectivity index (χ3v) is 6.01. The molecule has 0 saturated carbocycles. The highest BCUT2D eigenvalue weighted by molar-refractivity contribution is 7.98. The van der Waals surface area contributed by atoms with E-state index in [0.29, 0.717) is 18.7 Å². The minimum atomic E-state index is -0.290. The fourth-order valence-electron chi connectivity index (χ4n) is 3.61. The van der Waals surface area contributed by atoms with Gasteiger partial charge in [-0.1, -0.05) is 18.2 Å². The van der Waals surface area contributed by atoms with Crippen LogP contribution in [0.15, 0.2) is 59.5 Å². The van der Waals surface area contributed by atoms with E-state index in [1.807, 2.05) is 65.8 Å². The third-order valence-electron chi connectivity index (χ3n) is 5.27. The number of amides is 1. The second kappa shape index (κ2) is 9.29. The summed E-state index contributed by atoms with van der Waals surface area (Å²) in [7, 11) is 0. The zero-order chi connectivity index (χ0) is 19.1. The molecular formula is C22H27NO3S. The highest BCUT2D eigenvalue weighted by atomic mass is 32.2. The molecule has 2 aromatic carbocycles. The molecule has 144 valence electrons. The minimum Gasteiger partial charge on any atom is -0.494 e. The van der Waals surface area contributed by atoms with Gasteiger partial charge < -0.3 is 14.7 Å². The zero-order valence-electron chi connectivity index (χ0n) is 15.8. The molecule has 1 heterocycles. The monoisotopic (exact) mass is 385 g/mol. The van der Waals surface area contributed by atoms with E-state index in [9.17, 15) is 9.90 Å². The first-order valence-electron chi connectivity index (χ1n) is 9.38. The van der Waals surface area contributed by atoms with Crippen molar-refractivity contribution in [3.05, 3.63) is 60.2 Å². The number of aliphatic hydroxyl groups is 1. The minimum absolute atomic E-state index is 0.0455. The molecule has 4 nitrogen and oxygen atoms in total. The molecular weight excluding hydrogens is 358 g/mol. The van der Waals surface area contributed by atoms with Crippen LogP contribution in [0.3, 0.4) is 0 Å². The summed E-state index contributed by atoms with van der Waals surface area (Å²) in [5.74, 6) is 0.882. The average Bonchev–Trinajstić information content (AvgIpc) is 2.74. The van der Waals surface area contributed by atoms with Crippen LogP contribution in [-0.4, -0.2) is 48.5 Å². The number of rotatable bonds is 7. The van der Waals surface area contributed by atoms with Gasteiger partial charge in [-0.15, -0.1) is 11.8 Å². The molecule has 0 spiro atoms. The maximum atomic E-state index is 12.9. The number of nitrogens with zero attached hydrogens (tertiary/aromatic N) is 1. The fourth-order valence-corrected chi connectivity index (χ4v) is 4.02. The van der Waals surface area contributed by atoms with Crippen LogP contribution in [0, 0.1) is 5.41 Å². The van der Waals surface area contributed by atoms with E-state index >= 15 is 0 Å². The number of benzene rings is 2. The van der Waals surface area contributed by atoms with Gasteiger partial charge in [0.25, 0.3) is 5.91 Å². The predicted molar refractivity (Wildman–Crippen MR) is 109 cm³/mol. The Bertz CT molecular complexity index is 735. The van der Waals surface area contributed by atoms with Crippen LogP contribution < -0.4 is 4.74 Å². The Balaban J connectivity index is 1.62. The fraction of sp³-hybridized carbons (Fsp3) is 0.409. The van der Waals surface area contributed by atoms with Crippen molar-refractivity contribution in [3.8, 4) is 5.75 Å². The largest absolute Gasteiger partial charge is 0.494 e. The Morgan fingerprint density at radius 3 is 2.59 bits per heavy atom. The normalized spacial score (nSPS) is 19.7. The molecule has 0 aromatic heterocycles. The third kappa shape index (κ3) is 5.05. The number of aliphatic hydroxyl groups excluding tert-OH is 1. The van der Waals surface area contributed by atoms with Gasteiger partial charge in [-0.25, -0.2) is 0 Å². The summed E-state index contributed by atoms with van der Waals surface area (Å²) in [6, 6.07) is 17.5. The molecule has 0 aliphatic carbocycles. The molecule has 1 saturated heterocycles. The van der Waals surface area contributed by atoms with Gasteiger partial charge in [-0.3, -0.25) is 4.79 Å². The van der Waals surface area contributed by atoms with Gasteiger partial charge in [-0.05, 0) is 61.9 Å². The number of ether oxygens (including phenoxy) is 1. The van der Waals surface area contributed by atoms with Crippen LogP contribution in [0.5, 0.6) is 5.75 Å². The van der Waals surface area contributed by atoms with E-state index in [1.165, 1.54) is 0 Å². The Hall–Kier alpha value is -1.98. The smallest absolute Gasteiger partial charge is 0.253 e. The Morgan fingerprint density at radius 2 is 1.93 bits per heavy atom. The molecule has 0 unspecified atom stereocenters. The number of hydrogen-bond acceptors (Lipinski definition) is 4. The zero-order valence-corrected chi connectivity index (χ0v) is 16.6. The standard InChI is InChI=1S/C22H27NO3S/c1-27-20-10-8-18(9-11-20)21(25)23-14-5-12-22(16-23,17-24)13-15-26-19-6-3-2-4-7-19/h2-4,6-11,24H,5,12-17H2,1H3/t22-/m0/s1. The molecule has 27 heavy (non-hydrogen) atoms. The molecule has 1 N–H and O–H groups in total. The SMILES string of the molecule is CSc1ccc(C(=O)N2CCC[C@](CO)(CCOc3ccccc3)C2)cc1. The maximum Gasteiger partial charge on any atom is 0.253 e. The van der Waals surface area contributed by atoms with E-state index in [2.05, 4.69) is 0 Å². The van der Waals surface area contributed by atoms with Crippen molar-refractivity contribution < 1.29 is 14.6 Å². The second-order valence-electron chi connectivity index (χ2n) is 7.13. The maximum absolute atomic E-state index is 12.9. The lowest BCUT2D eigenvalue weighted by Gasteiger charge is -2.42. The number of piperidine rings is 1. The Kier molecular flexibility index (Phi) is 6.80. The van der Waals surface area contributed by atoms with Crippen molar-refractivity contribution in [2.24, 2.45) is 5.41 Å². The summed E-state index contributed by atoms with van der Waals surface area (Å²) in [5, 5.41) is 10.1. The number of thioether (sulfide) groups is 1. The molecule has 1 aliphatic heterocycles. The lowest BCUT2D eigenvalue weighted by Crippen LogP contribution is -2.48. The second-order valence-corrected chi connectivity index (χ2v) is 8.01. The molecule has 1 amide bonds. The van der Waals surface area contributed by atoms with Crippen LogP contribution >= 0.6 is 11.8 Å². The molecule has 0 bridgehead atoms. The van der Waals surface area contributed by atoms with Crippen molar-refractivity contribution in [3.63, 3.8) is 0 Å². The molecule has 1 atom stereocenters. The van der Waals surface area contributed by atoms with Gasteiger partial charge >= 0.3 is 0 Å². The van der Waals surface area contributed by atoms with Gasteiger partial charge in [-0.2, -0.15) is 0 Å². The van der Waals surface area contributed by atoms with E-state index in [-0.39, 0.29) is 17.9 Å². The summed E-state index contributed by atoms with van der Waals surface area (Å²) >= 11 is 1.66. The molecule has 1 fully saturated rings. The van der Waals surface area contributed by atoms with Gasteiger partial charge in [0.05, 0.1) is 13.2 Å². The summed E-state index contributed by atoms with van der Waals surface area (Å²) < 4.78 is 5.82. The first kappa shape index (κ1) is 19.8. The quantitative estimate of drug-likeness (QED) is 0.729. The molecule has 0 radical (unpaired) electrons. The van der Waals surface area contributed by atoms with Crippen molar-refractivity contribution in [2.45, 2.75) is 24.2 Å². The van der Waals surface area contributed by atoms with Crippen molar-refractivity contribution >= 4 is 17.7 Å². The number of carbonyl (C=O) groups excluding carboxylic acids is 1. The van der Waals surface area contributed by atoms with Crippen LogP contribution in [0.1, 0.15) is 29.6 Å². The first-order chi connectivity index (χ1) is 13.2. The Morgan fingerprint density at radius 1 is 1.19 bits per heavy atom. The predicted octanol–water partition coefficient (Wildman–Crippen LogP) is 4.09. The highest BCUT2D eigenvalue weighted by Crippen LogP contribution is 2.34. The topological polar surface area (TPSA) is 49.8 Å². The van der Waals surface area contributed by atoms with Gasteiger partial charge in [0.15, 0.2) is 0 Å². The molecule has 3 rings (SSSR count). The van der Waals surface area contributed by atoms with Crippen molar-refractivity contribution in [2.75, 3.05) is 32.6 Å². The van der Waals surface area contributed by atoms with Gasteiger partial charge in [0.2, 0.25) is 0 Å². The summed E-state index contributed by atoms with van der Waals surface area (Å²) in [5.41, 5.74) is 0.420. The van der Waals surface area contributed by atoms with Crippen LogP contribution in [0.25, 0.3) is 0 Å². The van der Waals surface area contributed by atoms with E-state index in [0.717, 1.165) is 36.5 Å². The Labute approximate surface area is 165 Å². The van der Waals surface area contributed by atoms with E-state index < -0.39 is 0 Å². The number of hydrogen-bond donors (Lipinski definition) is 1. The van der Waals surface area contributed by atoms with Crippen LogP contribution in [0.4, 0.5) is 0 Å². The number of likely N-dealkylation sites (tertiary alicyclic amines) is 1.